The van der Waals surface area contributed by atoms with E-state index in [4.69, 9.17) is 9.84 Å². The molecule has 0 aliphatic heterocycles. The van der Waals surface area contributed by atoms with Crippen LogP contribution in [0.4, 0.5) is 0 Å². The van der Waals surface area contributed by atoms with Crippen LogP contribution in [-0.4, -0.2) is 24.9 Å². The Bertz CT molecular complexity index is 196. The van der Waals surface area contributed by atoms with Crippen molar-refractivity contribution in [2.45, 2.75) is 0 Å². The summed E-state index contributed by atoms with van der Waals surface area (Å²) in [5.41, 5.74) is 1.15. The molecule has 1 aromatic carbocycles. The van der Waals surface area contributed by atoms with E-state index in [1.807, 2.05) is 36.8 Å². The van der Waals surface area contributed by atoms with Gasteiger partial charge in [-0.15, -0.1) is 0 Å². The molecule has 1 radical (unpaired) electrons. The summed E-state index contributed by atoms with van der Waals surface area (Å²) in [5.74, 6) is 0. The van der Waals surface area contributed by atoms with Crippen LogP contribution in [-0.2, 0) is 4.74 Å². The third-order valence-electron chi connectivity index (χ3n) is 1.47. The lowest BCUT2D eigenvalue weighted by atomic mass is 10.2. The Morgan fingerprint density at radius 1 is 1.25 bits per heavy atom. The summed E-state index contributed by atoms with van der Waals surface area (Å²) in [6.45, 7) is 1.05. The molecular weight excluding hydrogens is 152 g/mol. The zero-order valence-electron chi connectivity index (χ0n) is 6.94. The van der Waals surface area contributed by atoms with Crippen molar-refractivity contribution in [3.05, 3.63) is 42.3 Å². The smallest absolute Gasteiger partial charge is 0.0698 e. The van der Waals surface area contributed by atoms with E-state index in [1.54, 1.807) is 0 Å². The highest BCUT2D eigenvalue weighted by Gasteiger charge is 1.91. The Morgan fingerprint density at radius 3 is 2.67 bits per heavy atom. The monoisotopic (exact) mass is 165 g/mol. The summed E-state index contributed by atoms with van der Waals surface area (Å²) in [7, 11) is 0. The number of benzene rings is 1. The van der Waals surface area contributed by atoms with Gasteiger partial charge in [0.1, 0.15) is 0 Å². The lowest BCUT2D eigenvalue weighted by Gasteiger charge is -2.00. The van der Waals surface area contributed by atoms with Gasteiger partial charge in [0.25, 0.3) is 0 Å². The third-order valence-corrected chi connectivity index (χ3v) is 1.47. The largest absolute Gasteiger partial charge is 0.394 e. The standard InChI is InChI=1S/C10H13O2/c11-7-9-12-8-6-10-4-2-1-3-5-10/h1-6,11H,7-9H2. The van der Waals surface area contributed by atoms with Gasteiger partial charge in [0.2, 0.25) is 0 Å². The van der Waals surface area contributed by atoms with Crippen LogP contribution in [0.15, 0.2) is 30.3 Å². The first-order valence-corrected chi connectivity index (χ1v) is 4.00. The number of hydrogen-bond acceptors (Lipinski definition) is 2. The zero-order chi connectivity index (χ0) is 8.65. The highest BCUT2D eigenvalue weighted by molar-refractivity contribution is 5.22. The molecule has 0 aliphatic rings. The fraction of sp³-hybridized carbons (Fsp3) is 0.300. The number of hydrogen-bond donors (Lipinski definition) is 1. The highest BCUT2D eigenvalue weighted by Crippen LogP contribution is 2.01. The zero-order valence-corrected chi connectivity index (χ0v) is 6.94. The first-order chi connectivity index (χ1) is 5.93. The maximum atomic E-state index is 8.42. The molecule has 1 rings (SSSR count). The molecule has 0 atom stereocenters. The molecule has 0 unspecified atom stereocenters. The Hall–Kier alpha value is -0.860. The second-order valence-corrected chi connectivity index (χ2v) is 2.41. The van der Waals surface area contributed by atoms with E-state index in [0.29, 0.717) is 13.2 Å². The van der Waals surface area contributed by atoms with E-state index in [0.717, 1.165) is 5.56 Å². The molecule has 65 valence electrons. The topological polar surface area (TPSA) is 29.5 Å². The van der Waals surface area contributed by atoms with Gasteiger partial charge < -0.3 is 9.84 Å². The van der Waals surface area contributed by atoms with Crippen molar-refractivity contribution in [1.82, 2.24) is 0 Å². The van der Waals surface area contributed by atoms with Crippen molar-refractivity contribution in [3.8, 4) is 0 Å². The predicted molar refractivity (Wildman–Crippen MR) is 47.7 cm³/mol. The number of aliphatic hydroxyl groups is 1. The van der Waals surface area contributed by atoms with Crippen molar-refractivity contribution in [1.29, 1.82) is 0 Å². The Labute approximate surface area is 72.8 Å². The molecule has 2 nitrogen and oxygen atoms in total. The predicted octanol–water partition coefficient (Wildman–Crippen LogP) is 1.25. The summed E-state index contributed by atoms with van der Waals surface area (Å²) in [6, 6.07) is 9.98. The second-order valence-electron chi connectivity index (χ2n) is 2.41. The minimum atomic E-state index is 0.0859. The molecular formula is C10H13O2. The van der Waals surface area contributed by atoms with E-state index < -0.39 is 0 Å². The molecule has 0 spiro atoms. The van der Waals surface area contributed by atoms with Crippen LogP contribution < -0.4 is 0 Å². The van der Waals surface area contributed by atoms with Crippen molar-refractivity contribution in [3.63, 3.8) is 0 Å². The number of rotatable bonds is 5. The van der Waals surface area contributed by atoms with Gasteiger partial charge in [-0.2, -0.15) is 0 Å². The van der Waals surface area contributed by atoms with Crippen LogP contribution in [0.5, 0.6) is 0 Å². The van der Waals surface area contributed by atoms with E-state index in [-0.39, 0.29) is 6.61 Å². The van der Waals surface area contributed by atoms with E-state index in [2.05, 4.69) is 0 Å². The van der Waals surface area contributed by atoms with Crippen LogP contribution in [0, 0.1) is 6.42 Å². The van der Waals surface area contributed by atoms with Gasteiger partial charge in [-0.05, 0) is 5.56 Å². The van der Waals surface area contributed by atoms with Gasteiger partial charge in [-0.25, -0.2) is 0 Å². The van der Waals surface area contributed by atoms with Gasteiger partial charge in [-0.1, -0.05) is 30.3 Å². The normalized spacial score (nSPS) is 10.1. The fourth-order valence-corrected chi connectivity index (χ4v) is 0.892. The van der Waals surface area contributed by atoms with Gasteiger partial charge in [0, 0.05) is 6.42 Å². The molecule has 0 fully saturated rings. The Kier molecular flexibility index (Phi) is 4.42. The second kappa shape index (κ2) is 5.75. The SMILES string of the molecule is OCCOC[CH]c1ccccc1. The molecule has 0 heterocycles. The van der Waals surface area contributed by atoms with Crippen LogP contribution in [0.2, 0.25) is 0 Å². The lowest BCUT2D eigenvalue weighted by molar-refractivity contribution is 0.107. The molecule has 0 bridgehead atoms. The maximum absolute atomic E-state index is 8.42. The van der Waals surface area contributed by atoms with Crippen LogP contribution >= 0.6 is 0 Å². The molecule has 0 aromatic heterocycles. The first kappa shape index (κ1) is 9.23. The van der Waals surface area contributed by atoms with Gasteiger partial charge >= 0.3 is 0 Å². The van der Waals surface area contributed by atoms with E-state index >= 15 is 0 Å². The number of aliphatic hydroxyl groups excluding tert-OH is 1. The average Bonchev–Trinajstić information content (AvgIpc) is 2.14. The minimum absolute atomic E-state index is 0.0859. The molecule has 12 heavy (non-hydrogen) atoms. The van der Waals surface area contributed by atoms with E-state index in [1.165, 1.54) is 0 Å². The van der Waals surface area contributed by atoms with Gasteiger partial charge in [-0.3, -0.25) is 0 Å². The maximum Gasteiger partial charge on any atom is 0.0698 e. The fourth-order valence-electron chi connectivity index (χ4n) is 0.892. The quantitative estimate of drug-likeness (QED) is 0.665. The Morgan fingerprint density at radius 2 is 2.00 bits per heavy atom. The van der Waals surface area contributed by atoms with Crippen molar-refractivity contribution in [2.75, 3.05) is 19.8 Å². The van der Waals surface area contributed by atoms with Crippen LogP contribution in [0.1, 0.15) is 5.56 Å². The summed E-state index contributed by atoms with van der Waals surface area (Å²) in [4.78, 5) is 0. The van der Waals surface area contributed by atoms with Crippen LogP contribution in [0.3, 0.4) is 0 Å². The van der Waals surface area contributed by atoms with Crippen LogP contribution in [0.25, 0.3) is 0 Å². The summed E-state index contributed by atoms with van der Waals surface area (Å²) >= 11 is 0. The minimum Gasteiger partial charge on any atom is -0.394 e. The number of ether oxygens (including phenoxy) is 1. The molecule has 1 aromatic rings. The summed E-state index contributed by atoms with van der Waals surface area (Å²) < 4.78 is 5.08. The summed E-state index contributed by atoms with van der Waals surface area (Å²) in [5, 5.41) is 8.42. The first-order valence-electron chi connectivity index (χ1n) is 4.00. The highest BCUT2D eigenvalue weighted by atomic mass is 16.5. The van der Waals surface area contributed by atoms with Gasteiger partial charge in [0.15, 0.2) is 0 Å². The van der Waals surface area contributed by atoms with E-state index in [9.17, 15) is 0 Å². The van der Waals surface area contributed by atoms with Crippen molar-refractivity contribution in [2.24, 2.45) is 0 Å². The lowest BCUT2D eigenvalue weighted by Crippen LogP contribution is -2.01. The third kappa shape index (κ3) is 3.51. The van der Waals surface area contributed by atoms with Crippen molar-refractivity contribution < 1.29 is 9.84 Å². The molecule has 2 heteroatoms. The molecule has 0 aliphatic carbocycles. The summed E-state index contributed by atoms with van der Waals surface area (Å²) in [6.07, 6.45) is 1.98. The molecule has 0 saturated heterocycles. The molecule has 0 saturated carbocycles. The molecule has 1 N–H and O–H groups in total. The van der Waals surface area contributed by atoms with Gasteiger partial charge in [0.05, 0.1) is 19.8 Å². The Balaban J connectivity index is 2.16. The van der Waals surface area contributed by atoms with Crippen molar-refractivity contribution >= 4 is 0 Å². The molecule has 0 amide bonds. The average molecular weight is 165 g/mol.